The first-order valence-corrected chi connectivity index (χ1v) is 9.23. The number of hydrogen-bond donors (Lipinski definition) is 0. The maximum Gasteiger partial charge on any atom is 0.160 e. The van der Waals surface area contributed by atoms with Crippen molar-refractivity contribution in [2.45, 2.75) is 32.2 Å². The molecule has 1 saturated carbocycles. The van der Waals surface area contributed by atoms with Crippen LogP contribution < -0.4 is 0 Å². The average Bonchev–Trinajstić information content (AvgIpc) is 3.10. The molecule has 0 amide bonds. The summed E-state index contributed by atoms with van der Waals surface area (Å²) in [4.78, 5) is 14.0. The molecule has 1 aromatic carbocycles. The van der Waals surface area contributed by atoms with Crippen molar-refractivity contribution in [3.8, 4) is 0 Å². The summed E-state index contributed by atoms with van der Waals surface area (Å²) in [5.41, 5.74) is 3.16. The van der Waals surface area contributed by atoms with E-state index in [9.17, 15) is 0 Å². The van der Waals surface area contributed by atoms with Crippen molar-refractivity contribution in [1.82, 2.24) is 19.5 Å². The lowest BCUT2D eigenvalue weighted by molar-refractivity contribution is 0.198. The van der Waals surface area contributed by atoms with Gasteiger partial charge in [-0.3, -0.25) is 0 Å². The Kier molecular flexibility index (Phi) is 3.16. The maximum atomic E-state index is 4.78. The van der Waals surface area contributed by atoms with Crippen molar-refractivity contribution >= 4 is 32.7 Å². The van der Waals surface area contributed by atoms with E-state index in [0.717, 1.165) is 34.8 Å². The van der Waals surface area contributed by atoms with Crippen molar-refractivity contribution in [2.24, 2.45) is 5.92 Å². The molecular weight excluding hydrogens is 316 g/mol. The van der Waals surface area contributed by atoms with Crippen LogP contribution in [-0.4, -0.2) is 19.5 Å². The van der Waals surface area contributed by atoms with Gasteiger partial charge in [-0.05, 0) is 49.9 Å². The summed E-state index contributed by atoms with van der Waals surface area (Å²) in [7, 11) is 0. The molecule has 0 aliphatic heterocycles. The fourth-order valence-electron chi connectivity index (χ4n) is 3.81. The zero-order chi connectivity index (χ0) is 16.1. The molecule has 1 fully saturated rings. The third kappa shape index (κ3) is 2.23. The highest BCUT2D eigenvalue weighted by Crippen LogP contribution is 2.42. The molecule has 0 radical (unpaired) electrons. The standard InChI is InChI=1S/C19H18N4S/c1-12-21-16-6-4-8-20-19(16)23(12)14-9-13(10-14)11-18-22-15-5-2-3-7-17(15)24-18/h2-8,13-14H,9-11H2,1H3. The van der Waals surface area contributed by atoms with Crippen LogP contribution in [0.2, 0.25) is 0 Å². The number of imidazole rings is 1. The highest BCUT2D eigenvalue weighted by atomic mass is 32.1. The number of pyridine rings is 1. The summed E-state index contributed by atoms with van der Waals surface area (Å²) in [6.07, 6.45) is 5.34. The van der Waals surface area contributed by atoms with Crippen LogP contribution >= 0.6 is 11.3 Å². The third-order valence-corrected chi connectivity index (χ3v) is 6.06. The summed E-state index contributed by atoms with van der Waals surface area (Å²) >= 11 is 1.84. The molecule has 0 N–H and O–H groups in total. The molecule has 1 aliphatic rings. The third-order valence-electron chi connectivity index (χ3n) is 5.00. The van der Waals surface area contributed by atoms with Gasteiger partial charge in [-0.1, -0.05) is 12.1 Å². The monoisotopic (exact) mass is 334 g/mol. The number of aryl methyl sites for hydroxylation is 1. The Morgan fingerprint density at radius 1 is 1.08 bits per heavy atom. The predicted octanol–water partition coefficient (Wildman–Crippen LogP) is 4.54. The number of hydrogen-bond acceptors (Lipinski definition) is 4. The first-order valence-electron chi connectivity index (χ1n) is 8.42. The summed E-state index contributed by atoms with van der Waals surface area (Å²) in [5.74, 6) is 1.79. The lowest BCUT2D eigenvalue weighted by atomic mass is 9.78. The van der Waals surface area contributed by atoms with Gasteiger partial charge in [0.2, 0.25) is 0 Å². The van der Waals surface area contributed by atoms with E-state index in [-0.39, 0.29) is 0 Å². The Balaban J connectivity index is 1.34. The highest BCUT2D eigenvalue weighted by molar-refractivity contribution is 7.18. The second-order valence-corrected chi connectivity index (χ2v) is 7.76. The minimum Gasteiger partial charge on any atom is -0.310 e. The maximum absolute atomic E-state index is 4.78. The van der Waals surface area contributed by atoms with Crippen molar-refractivity contribution in [2.75, 3.05) is 0 Å². The van der Waals surface area contributed by atoms with Gasteiger partial charge in [-0.15, -0.1) is 11.3 Å². The van der Waals surface area contributed by atoms with Gasteiger partial charge in [-0.2, -0.15) is 0 Å². The second-order valence-electron chi connectivity index (χ2n) is 6.65. The number of fused-ring (bicyclic) bond motifs is 2. The molecule has 0 unspecified atom stereocenters. The SMILES string of the molecule is Cc1nc2cccnc2n1C1CC(Cc2nc3ccccc3s2)C1. The van der Waals surface area contributed by atoms with Crippen LogP contribution in [0.25, 0.3) is 21.4 Å². The number of para-hydroxylation sites is 1. The Hall–Kier alpha value is -2.27. The molecular formula is C19H18N4S. The fraction of sp³-hybridized carbons (Fsp3) is 0.316. The summed E-state index contributed by atoms with van der Waals surface area (Å²) in [6.45, 7) is 2.09. The van der Waals surface area contributed by atoms with Gasteiger partial charge in [0.05, 0.1) is 15.2 Å². The van der Waals surface area contributed by atoms with Crippen LogP contribution in [0.15, 0.2) is 42.6 Å². The topological polar surface area (TPSA) is 43.6 Å². The van der Waals surface area contributed by atoms with Gasteiger partial charge in [0.15, 0.2) is 5.65 Å². The summed E-state index contributed by atoms with van der Waals surface area (Å²) in [5, 5.41) is 1.27. The number of benzene rings is 1. The normalized spacial score (nSPS) is 20.5. The van der Waals surface area contributed by atoms with Gasteiger partial charge in [0.25, 0.3) is 0 Å². The largest absolute Gasteiger partial charge is 0.310 e. The van der Waals surface area contributed by atoms with Gasteiger partial charge in [0, 0.05) is 18.7 Å². The van der Waals surface area contributed by atoms with Crippen LogP contribution in [0, 0.1) is 12.8 Å². The molecule has 120 valence electrons. The molecule has 24 heavy (non-hydrogen) atoms. The van der Waals surface area contributed by atoms with E-state index in [1.54, 1.807) is 0 Å². The zero-order valence-corrected chi connectivity index (χ0v) is 14.3. The Morgan fingerprint density at radius 3 is 2.79 bits per heavy atom. The predicted molar refractivity (Wildman–Crippen MR) is 97.4 cm³/mol. The van der Waals surface area contributed by atoms with E-state index < -0.39 is 0 Å². The van der Waals surface area contributed by atoms with Crippen LogP contribution in [0.4, 0.5) is 0 Å². The molecule has 3 heterocycles. The van der Waals surface area contributed by atoms with Gasteiger partial charge in [-0.25, -0.2) is 15.0 Å². The number of rotatable bonds is 3. The van der Waals surface area contributed by atoms with E-state index in [2.05, 4.69) is 45.7 Å². The first kappa shape index (κ1) is 14.1. The lowest BCUT2D eigenvalue weighted by Gasteiger charge is -2.36. The van der Waals surface area contributed by atoms with E-state index in [4.69, 9.17) is 4.98 Å². The van der Waals surface area contributed by atoms with E-state index >= 15 is 0 Å². The minimum absolute atomic E-state index is 0.532. The molecule has 5 heteroatoms. The quantitative estimate of drug-likeness (QED) is 0.552. The van der Waals surface area contributed by atoms with E-state index in [0.29, 0.717) is 6.04 Å². The highest BCUT2D eigenvalue weighted by Gasteiger charge is 2.33. The van der Waals surface area contributed by atoms with Crippen LogP contribution in [0.1, 0.15) is 29.7 Å². The second kappa shape index (κ2) is 5.38. The van der Waals surface area contributed by atoms with E-state index in [1.165, 1.54) is 22.5 Å². The minimum atomic E-state index is 0.532. The van der Waals surface area contributed by atoms with Crippen molar-refractivity contribution < 1.29 is 0 Å². The molecule has 0 spiro atoms. The van der Waals surface area contributed by atoms with Crippen LogP contribution in [0.3, 0.4) is 0 Å². The number of aromatic nitrogens is 4. The molecule has 0 atom stereocenters. The van der Waals surface area contributed by atoms with E-state index in [1.807, 2.05) is 29.7 Å². The Morgan fingerprint density at radius 2 is 1.92 bits per heavy atom. The van der Waals surface area contributed by atoms with Gasteiger partial charge >= 0.3 is 0 Å². The van der Waals surface area contributed by atoms with Crippen LogP contribution in [-0.2, 0) is 6.42 Å². The smallest absolute Gasteiger partial charge is 0.160 e. The molecule has 4 nitrogen and oxygen atoms in total. The van der Waals surface area contributed by atoms with Gasteiger partial charge < -0.3 is 4.57 Å². The molecule has 4 aromatic rings. The molecule has 0 saturated heterocycles. The summed E-state index contributed by atoms with van der Waals surface area (Å²) < 4.78 is 3.62. The zero-order valence-electron chi connectivity index (χ0n) is 13.5. The molecule has 0 bridgehead atoms. The molecule has 3 aromatic heterocycles. The molecule has 5 rings (SSSR count). The van der Waals surface area contributed by atoms with Crippen molar-refractivity contribution in [1.29, 1.82) is 0 Å². The van der Waals surface area contributed by atoms with Crippen LogP contribution in [0.5, 0.6) is 0 Å². The number of nitrogens with zero attached hydrogens (tertiary/aromatic N) is 4. The lowest BCUT2D eigenvalue weighted by Crippen LogP contribution is -2.29. The molecule has 1 aliphatic carbocycles. The number of thiazole rings is 1. The first-order chi connectivity index (χ1) is 11.8. The van der Waals surface area contributed by atoms with Crippen molar-refractivity contribution in [3.63, 3.8) is 0 Å². The Bertz CT molecular complexity index is 993. The average molecular weight is 334 g/mol. The summed E-state index contributed by atoms with van der Waals surface area (Å²) in [6, 6.07) is 12.9. The Labute approximate surface area is 144 Å². The van der Waals surface area contributed by atoms with Gasteiger partial charge in [0.1, 0.15) is 11.3 Å². The van der Waals surface area contributed by atoms with Crippen molar-refractivity contribution in [3.05, 3.63) is 53.4 Å². The fourth-order valence-corrected chi connectivity index (χ4v) is 4.89.